The van der Waals surface area contributed by atoms with Crippen LogP contribution in [-0.4, -0.2) is 32.4 Å². The third-order valence-corrected chi connectivity index (χ3v) is 6.21. The van der Waals surface area contributed by atoms with E-state index in [4.69, 9.17) is 23.2 Å². The van der Waals surface area contributed by atoms with E-state index in [-0.39, 0.29) is 26.7 Å². The summed E-state index contributed by atoms with van der Waals surface area (Å²) in [5.41, 5.74) is 0.729. The van der Waals surface area contributed by atoms with E-state index in [1.807, 2.05) is 0 Å². The summed E-state index contributed by atoms with van der Waals surface area (Å²) in [5.74, 6) is 0. The van der Waals surface area contributed by atoms with Gasteiger partial charge in [0.1, 0.15) is 0 Å². The monoisotopic (exact) mass is 413 g/mol. The van der Waals surface area contributed by atoms with E-state index in [1.54, 1.807) is 29.2 Å². The summed E-state index contributed by atoms with van der Waals surface area (Å²) in [7, 11) is -3.83. The molecule has 9 heteroatoms. The van der Waals surface area contributed by atoms with Crippen molar-refractivity contribution in [3.8, 4) is 0 Å². The van der Waals surface area contributed by atoms with Crippen LogP contribution in [0.3, 0.4) is 0 Å². The van der Waals surface area contributed by atoms with Crippen LogP contribution in [-0.2, 0) is 10.0 Å². The third-order valence-electron chi connectivity index (χ3n) is 4.01. The van der Waals surface area contributed by atoms with Crippen molar-refractivity contribution in [1.29, 1.82) is 0 Å². The molecule has 138 valence electrons. The number of anilines is 2. The zero-order valence-electron chi connectivity index (χ0n) is 13.7. The number of benzene rings is 2. The molecule has 1 fully saturated rings. The Morgan fingerprint density at radius 3 is 2.31 bits per heavy atom. The quantitative estimate of drug-likeness (QED) is 0.778. The molecule has 1 aliphatic heterocycles. The van der Waals surface area contributed by atoms with Gasteiger partial charge in [0.2, 0.25) is 0 Å². The standard InChI is InChI=1S/C17H17Cl2N3O3S/c18-14-4-3-5-15(16(14)19)21-26(24,25)13-8-6-12(7-9-13)20-17(23)22-10-1-2-11-22/h3-9,21H,1-2,10-11H2,(H,20,23). The highest BCUT2D eigenvalue weighted by Crippen LogP contribution is 2.31. The summed E-state index contributed by atoms with van der Waals surface area (Å²) in [5, 5.41) is 3.15. The lowest BCUT2D eigenvalue weighted by Gasteiger charge is -2.16. The second kappa shape index (κ2) is 7.73. The van der Waals surface area contributed by atoms with Crippen LogP contribution >= 0.6 is 23.2 Å². The Labute approximate surface area is 162 Å². The molecule has 26 heavy (non-hydrogen) atoms. The molecule has 0 aromatic heterocycles. The number of hydrogen-bond donors (Lipinski definition) is 2. The van der Waals surface area contributed by atoms with Gasteiger partial charge in [-0.1, -0.05) is 29.3 Å². The number of nitrogens with one attached hydrogen (secondary N) is 2. The first-order valence-corrected chi connectivity index (χ1v) is 10.2. The highest BCUT2D eigenvalue weighted by molar-refractivity contribution is 7.92. The minimum Gasteiger partial charge on any atom is -0.325 e. The van der Waals surface area contributed by atoms with Gasteiger partial charge < -0.3 is 10.2 Å². The molecule has 1 saturated heterocycles. The van der Waals surface area contributed by atoms with Crippen molar-refractivity contribution in [3.05, 3.63) is 52.5 Å². The molecule has 3 rings (SSSR count). The second-order valence-electron chi connectivity index (χ2n) is 5.86. The Kier molecular flexibility index (Phi) is 5.60. The minimum absolute atomic E-state index is 0.0488. The van der Waals surface area contributed by atoms with Gasteiger partial charge in [-0.05, 0) is 49.2 Å². The summed E-state index contributed by atoms with van der Waals surface area (Å²) in [6.45, 7) is 1.48. The largest absolute Gasteiger partial charge is 0.325 e. The van der Waals surface area contributed by atoms with E-state index in [0.29, 0.717) is 5.69 Å². The zero-order valence-corrected chi connectivity index (χ0v) is 16.0. The van der Waals surface area contributed by atoms with E-state index in [9.17, 15) is 13.2 Å². The van der Waals surface area contributed by atoms with Crippen LogP contribution in [0.2, 0.25) is 10.0 Å². The van der Waals surface area contributed by atoms with Crippen molar-refractivity contribution in [2.24, 2.45) is 0 Å². The van der Waals surface area contributed by atoms with Gasteiger partial charge in [-0.3, -0.25) is 4.72 Å². The SMILES string of the molecule is O=C(Nc1ccc(S(=O)(=O)Nc2cccc(Cl)c2Cl)cc1)N1CCCC1. The van der Waals surface area contributed by atoms with Crippen LogP contribution in [0.4, 0.5) is 16.2 Å². The Balaban J connectivity index is 1.72. The van der Waals surface area contributed by atoms with Crippen molar-refractivity contribution >= 4 is 50.6 Å². The maximum absolute atomic E-state index is 12.5. The molecule has 2 aromatic rings. The van der Waals surface area contributed by atoms with Gasteiger partial charge in [0.25, 0.3) is 10.0 Å². The van der Waals surface area contributed by atoms with E-state index in [1.165, 1.54) is 18.2 Å². The lowest BCUT2D eigenvalue weighted by molar-refractivity contribution is 0.222. The number of hydrogen-bond acceptors (Lipinski definition) is 3. The van der Waals surface area contributed by atoms with Crippen molar-refractivity contribution in [3.63, 3.8) is 0 Å². The average Bonchev–Trinajstić information content (AvgIpc) is 3.14. The summed E-state index contributed by atoms with van der Waals surface area (Å²) < 4.78 is 27.4. The fourth-order valence-corrected chi connectivity index (χ4v) is 4.10. The van der Waals surface area contributed by atoms with E-state index >= 15 is 0 Å². The topological polar surface area (TPSA) is 78.5 Å². The van der Waals surface area contributed by atoms with Crippen molar-refractivity contribution < 1.29 is 13.2 Å². The van der Waals surface area contributed by atoms with Gasteiger partial charge >= 0.3 is 6.03 Å². The van der Waals surface area contributed by atoms with Gasteiger partial charge in [0.15, 0.2) is 0 Å². The van der Waals surface area contributed by atoms with Gasteiger partial charge in [-0.25, -0.2) is 13.2 Å². The van der Waals surface area contributed by atoms with Crippen LogP contribution in [0.25, 0.3) is 0 Å². The number of sulfonamides is 1. The van der Waals surface area contributed by atoms with Crippen LogP contribution in [0.5, 0.6) is 0 Å². The number of halogens is 2. The van der Waals surface area contributed by atoms with E-state index < -0.39 is 10.0 Å². The molecule has 0 atom stereocenters. The molecule has 2 N–H and O–H groups in total. The summed E-state index contributed by atoms with van der Waals surface area (Å²) >= 11 is 11.9. The fraction of sp³-hybridized carbons (Fsp3) is 0.235. The molecular formula is C17H17Cl2N3O3S. The van der Waals surface area contributed by atoms with Crippen LogP contribution in [0, 0.1) is 0 Å². The Bertz CT molecular complexity index is 911. The molecule has 0 saturated carbocycles. The first-order valence-electron chi connectivity index (χ1n) is 8.00. The molecule has 0 bridgehead atoms. The average molecular weight is 414 g/mol. The van der Waals surface area contributed by atoms with Gasteiger partial charge in [0.05, 0.1) is 20.6 Å². The first-order chi connectivity index (χ1) is 12.4. The molecule has 1 heterocycles. The number of carbonyl (C=O) groups excluding carboxylic acids is 1. The van der Waals surface area contributed by atoms with Gasteiger partial charge in [0, 0.05) is 18.8 Å². The van der Waals surface area contributed by atoms with Crippen molar-refractivity contribution in [1.82, 2.24) is 4.90 Å². The molecule has 6 nitrogen and oxygen atoms in total. The minimum atomic E-state index is -3.83. The predicted molar refractivity (Wildman–Crippen MR) is 104 cm³/mol. The maximum atomic E-state index is 12.5. The van der Waals surface area contributed by atoms with Crippen LogP contribution < -0.4 is 10.0 Å². The summed E-state index contributed by atoms with van der Waals surface area (Å²) in [4.78, 5) is 13.8. The molecule has 0 aliphatic carbocycles. The highest BCUT2D eigenvalue weighted by atomic mass is 35.5. The third kappa shape index (κ3) is 4.23. The number of likely N-dealkylation sites (tertiary alicyclic amines) is 1. The summed E-state index contributed by atoms with van der Waals surface area (Å²) in [6.07, 6.45) is 2.00. The molecule has 0 spiro atoms. The zero-order chi connectivity index (χ0) is 18.7. The maximum Gasteiger partial charge on any atom is 0.321 e. The number of carbonyl (C=O) groups is 1. The lowest BCUT2D eigenvalue weighted by Crippen LogP contribution is -2.32. The Hall–Kier alpha value is -1.96. The second-order valence-corrected chi connectivity index (χ2v) is 8.32. The predicted octanol–water partition coefficient (Wildman–Crippen LogP) is 4.42. The molecule has 1 aliphatic rings. The van der Waals surface area contributed by atoms with Gasteiger partial charge in [-0.2, -0.15) is 0 Å². The fourth-order valence-electron chi connectivity index (χ4n) is 2.63. The Morgan fingerprint density at radius 2 is 1.65 bits per heavy atom. The number of nitrogens with zero attached hydrogens (tertiary/aromatic N) is 1. The van der Waals surface area contributed by atoms with Gasteiger partial charge in [-0.15, -0.1) is 0 Å². The van der Waals surface area contributed by atoms with Crippen LogP contribution in [0.1, 0.15) is 12.8 Å². The van der Waals surface area contributed by atoms with E-state index in [2.05, 4.69) is 10.0 Å². The Morgan fingerprint density at radius 1 is 1.00 bits per heavy atom. The smallest absolute Gasteiger partial charge is 0.321 e. The molecule has 2 amide bonds. The molecule has 2 aromatic carbocycles. The highest BCUT2D eigenvalue weighted by Gasteiger charge is 2.19. The molecule has 0 unspecified atom stereocenters. The first kappa shape index (κ1) is 18.8. The normalized spacial score (nSPS) is 14.3. The van der Waals surface area contributed by atoms with Crippen molar-refractivity contribution in [2.45, 2.75) is 17.7 Å². The van der Waals surface area contributed by atoms with Crippen molar-refractivity contribution in [2.75, 3.05) is 23.1 Å². The lowest BCUT2D eigenvalue weighted by atomic mass is 10.3. The number of rotatable bonds is 4. The number of amides is 2. The van der Waals surface area contributed by atoms with Crippen LogP contribution in [0.15, 0.2) is 47.4 Å². The molecular weight excluding hydrogens is 397 g/mol. The summed E-state index contributed by atoms with van der Waals surface area (Å²) in [6, 6.07) is 10.4. The number of urea groups is 1. The molecule has 0 radical (unpaired) electrons. The van der Waals surface area contributed by atoms with E-state index in [0.717, 1.165) is 25.9 Å².